The molecule has 0 aromatic heterocycles. The average molecular weight is 615 g/mol. The van der Waals surface area contributed by atoms with Crippen molar-refractivity contribution in [1.82, 2.24) is 0 Å². The maximum absolute atomic E-state index is 8.16. The molecule has 0 bridgehead atoms. The second-order valence-corrected chi connectivity index (χ2v) is 19.7. The monoisotopic (exact) mass is 615 g/mol. The lowest BCUT2D eigenvalue weighted by Crippen LogP contribution is -2.65. The Morgan fingerprint density at radius 2 is 0.581 bits per heavy atom. The molecule has 0 saturated heterocycles. The Kier molecular flexibility index (Phi) is 10.8. The van der Waals surface area contributed by atoms with Crippen LogP contribution in [0.2, 0.25) is 6.04 Å². The second kappa shape index (κ2) is 14.1. The van der Waals surface area contributed by atoms with Crippen LogP contribution in [-0.2, 0) is 13.3 Å². The van der Waals surface area contributed by atoms with E-state index in [4.69, 9.17) is 13.3 Å². The van der Waals surface area contributed by atoms with Crippen LogP contribution in [0.5, 0.6) is 0 Å². The van der Waals surface area contributed by atoms with Crippen molar-refractivity contribution in [3.05, 3.63) is 0 Å². The van der Waals surface area contributed by atoms with E-state index in [-0.39, 0.29) is 16.8 Å². The Morgan fingerprint density at radius 3 is 0.744 bits per heavy atom. The van der Waals surface area contributed by atoms with Gasteiger partial charge in [-0.3, -0.25) is 0 Å². The molecule has 0 amide bonds. The Labute approximate surface area is 268 Å². The summed E-state index contributed by atoms with van der Waals surface area (Å²) < 4.78 is 24.5. The highest BCUT2D eigenvalue weighted by Crippen LogP contribution is 2.55. The SMILES string of the molecule is CCC[Si](OC(C)(C1CCCC1)C1CCCC1)(OC(C)(C1CCCC1)C1CCCC1)OC(C)(C1CCCC1)C1CCCC1. The number of rotatable bonds is 14. The van der Waals surface area contributed by atoms with Gasteiger partial charge >= 0.3 is 8.80 Å². The Morgan fingerprint density at radius 1 is 0.395 bits per heavy atom. The molecule has 43 heavy (non-hydrogen) atoms. The summed E-state index contributed by atoms with van der Waals surface area (Å²) in [6.45, 7) is 10.1. The van der Waals surface area contributed by atoms with Crippen LogP contribution in [0.4, 0.5) is 0 Å². The van der Waals surface area contributed by atoms with Crippen molar-refractivity contribution in [3.63, 3.8) is 0 Å². The van der Waals surface area contributed by atoms with Gasteiger partial charge in [-0.05, 0) is 133 Å². The van der Waals surface area contributed by atoms with E-state index in [1.54, 1.807) is 0 Å². The third-order valence-corrected chi connectivity index (χ3v) is 18.0. The highest BCUT2D eigenvalue weighted by atomic mass is 28.4. The zero-order valence-corrected chi connectivity index (χ0v) is 30.1. The van der Waals surface area contributed by atoms with Gasteiger partial charge in [-0.25, -0.2) is 0 Å². The van der Waals surface area contributed by atoms with Crippen molar-refractivity contribution in [2.45, 2.75) is 211 Å². The fraction of sp³-hybridized carbons (Fsp3) is 1.00. The standard InChI is InChI=1S/C39H70O3Si/c1-5-30-43(40-37(2,31-18-6-7-19-31)32-20-8-9-21-32,41-38(3,33-22-10-11-23-33)34-24-12-13-25-34)42-39(4,35-26-14-15-27-35)36-28-16-17-29-36/h31-36H,5-30H2,1-4H3. The highest BCUT2D eigenvalue weighted by Gasteiger charge is 2.61. The van der Waals surface area contributed by atoms with Crippen molar-refractivity contribution in [1.29, 1.82) is 0 Å². The van der Waals surface area contributed by atoms with Gasteiger partial charge in [-0.1, -0.05) is 90.4 Å². The lowest BCUT2D eigenvalue weighted by molar-refractivity contribution is -0.170. The van der Waals surface area contributed by atoms with E-state index in [0.29, 0.717) is 35.5 Å². The fourth-order valence-corrected chi connectivity index (χ4v) is 16.1. The summed E-state index contributed by atoms with van der Waals surface area (Å²) in [4.78, 5) is 0. The zero-order valence-electron chi connectivity index (χ0n) is 29.1. The lowest BCUT2D eigenvalue weighted by Gasteiger charge is -2.55. The Bertz CT molecular complexity index is 696. The Balaban J connectivity index is 1.44. The Hall–Kier alpha value is 0.0969. The first-order valence-electron chi connectivity index (χ1n) is 19.9. The van der Waals surface area contributed by atoms with Crippen molar-refractivity contribution in [2.75, 3.05) is 0 Å². The molecule has 0 atom stereocenters. The molecule has 0 heterocycles. The zero-order chi connectivity index (χ0) is 30.0. The van der Waals surface area contributed by atoms with Crippen molar-refractivity contribution in [3.8, 4) is 0 Å². The molecule has 6 fully saturated rings. The van der Waals surface area contributed by atoms with Gasteiger partial charge in [-0.2, -0.15) is 0 Å². The predicted octanol–water partition coefficient (Wildman–Crippen LogP) is 11.8. The smallest absolute Gasteiger partial charge is 0.367 e. The van der Waals surface area contributed by atoms with Crippen LogP contribution in [0.1, 0.15) is 188 Å². The van der Waals surface area contributed by atoms with Crippen molar-refractivity contribution < 1.29 is 13.3 Å². The van der Waals surface area contributed by atoms with Crippen LogP contribution < -0.4 is 0 Å². The fourth-order valence-electron chi connectivity index (χ4n) is 12.0. The summed E-state index contributed by atoms with van der Waals surface area (Å²) in [5.74, 6) is 4.00. The van der Waals surface area contributed by atoms with Crippen LogP contribution in [0.3, 0.4) is 0 Å². The van der Waals surface area contributed by atoms with E-state index in [1.165, 1.54) is 154 Å². The minimum Gasteiger partial charge on any atom is -0.367 e. The van der Waals surface area contributed by atoms with Gasteiger partial charge in [0, 0.05) is 6.04 Å². The average Bonchev–Trinajstić information content (AvgIpc) is 3.84. The van der Waals surface area contributed by atoms with Gasteiger partial charge < -0.3 is 13.3 Å². The van der Waals surface area contributed by atoms with Crippen molar-refractivity contribution in [2.24, 2.45) is 35.5 Å². The van der Waals surface area contributed by atoms with E-state index in [9.17, 15) is 0 Å². The van der Waals surface area contributed by atoms with Crippen LogP contribution in [0.15, 0.2) is 0 Å². The normalized spacial score (nSPS) is 27.1. The molecule has 0 spiro atoms. The number of hydrogen-bond acceptors (Lipinski definition) is 3. The van der Waals surface area contributed by atoms with E-state index in [0.717, 1.165) is 12.5 Å². The maximum atomic E-state index is 8.16. The van der Waals surface area contributed by atoms with Gasteiger partial charge in [0.25, 0.3) is 0 Å². The first-order valence-corrected chi connectivity index (χ1v) is 21.8. The number of hydrogen-bond donors (Lipinski definition) is 0. The second-order valence-electron chi connectivity index (χ2n) is 17.2. The molecule has 6 aliphatic carbocycles. The molecule has 0 radical (unpaired) electrons. The highest BCUT2D eigenvalue weighted by molar-refractivity contribution is 6.61. The molecule has 0 aliphatic heterocycles. The van der Waals surface area contributed by atoms with Gasteiger partial charge in [0.15, 0.2) is 0 Å². The molecular formula is C39H70O3Si. The maximum Gasteiger partial charge on any atom is 0.502 e. The summed E-state index contributed by atoms with van der Waals surface area (Å²) in [5, 5.41) is 0. The molecule has 4 heteroatoms. The van der Waals surface area contributed by atoms with Crippen LogP contribution >= 0.6 is 0 Å². The van der Waals surface area contributed by atoms with E-state index in [1.807, 2.05) is 0 Å². The quantitative estimate of drug-likeness (QED) is 0.182. The summed E-state index contributed by atoms with van der Waals surface area (Å²) in [7, 11) is -3.11. The van der Waals surface area contributed by atoms with Gasteiger partial charge in [0.05, 0.1) is 16.8 Å². The molecular weight excluding hydrogens is 545 g/mol. The molecule has 0 aromatic carbocycles. The lowest BCUT2D eigenvalue weighted by atomic mass is 9.76. The van der Waals surface area contributed by atoms with E-state index < -0.39 is 8.80 Å². The topological polar surface area (TPSA) is 27.7 Å². The largest absolute Gasteiger partial charge is 0.502 e. The van der Waals surface area contributed by atoms with Crippen LogP contribution in [-0.4, -0.2) is 25.6 Å². The molecule has 0 N–H and O–H groups in total. The molecule has 248 valence electrons. The molecule has 0 unspecified atom stereocenters. The van der Waals surface area contributed by atoms with Gasteiger partial charge in [0.1, 0.15) is 0 Å². The van der Waals surface area contributed by atoms with Gasteiger partial charge in [-0.15, -0.1) is 0 Å². The molecule has 6 rings (SSSR count). The molecule has 3 nitrogen and oxygen atoms in total. The van der Waals surface area contributed by atoms with Crippen LogP contribution in [0.25, 0.3) is 0 Å². The summed E-state index contributed by atoms with van der Waals surface area (Å²) in [6.07, 6.45) is 33.8. The molecule has 6 saturated carbocycles. The minimum absolute atomic E-state index is 0.104. The summed E-state index contributed by atoms with van der Waals surface area (Å²) in [6, 6.07) is 1.01. The van der Waals surface area contributed by atoms with E-state index in [2.05, 4.69) is 27.7 Å². The van der Waals surface area contributed by atoms with Gasteiger partial charge in [0.2, 0.25) is 0 Å². The third-order valence-electron chi connectivity index (χ3n) is 14.7. The summed E-state index contributed by atoms with van der Waals surface area (Å²) in [5.41, 5.74) is -0.313. The van der Waals surface area contributed by atoms with E-state index >= 15 is 0 Å². The summed E-state index contributed by atoms with van der Waals surface area (Å²) >= 11 is 0. The first kappa shape index (κ1) is 33.0. The predicted molar refractivity (Wildman–Crippen MR) is 181 cm³/mol. The third kappa shape index (κ3) is 6.76. The minimum atomic E-state index is -3.11. The first-order chi connectivity index (χ1) is 20.8. The van der Waals surface area contributed by atoms with Crippen molar-refractivity contribution >= 4 is 8.80 Å². The molecule has 6 aliphatic rings. The molecule has 0 aromatic rings. The van der Waals surface area contributed by atoms with Crippen LogP contribution in [0, 0.1) is 35.5 Å².